The third-order valence-electron chi connectivity index (χ3n) is 4.91. The summed E-state index contributed by atoms with van der Waals surface area (Å²) in [6.45, 7) is 0. The van der Waals surface area contributed by atoms with Crippen molar-refractivity contribution in [2.45, 2.75) is 49.0 Å². The van der Waals surface area contributed by atoms with Crippen molar-refractivity contribution >= 4 is 15.6 Å². The highest BCUT2D eigenvalue weighted by molar-refractivity contribution is 7.92. The minimum absolute atomic E-state index is 0.101. The van der Waals surface area contributed by atoms with E-state index in [1.807, 2.05) is 0 Å². The Labute approximate surface area is 128 Å². The molecule has 22 heavy (non-hydrogen) atoms. The van der Waals surface area contributed by atoms with E-state index >= 15 is 0 Å². The molecule has 2 fully saturated rings. The van der Waals surface area contributed by atoms with Gasteiger partial charge >= 0.3 is 0 Å². The van der Waals surface area contributed by atoms with E-state index in [-0.39, 0.29) is 23.7 Å². The lowest BCUT2D eigenvalue weighted by molar-refractivity contribution is -0.122. The van der Waals surface area contributed by atoms with Crippen molar-refractivity contribution < 1.29 is 22.0 Å². The van der Waals surface area contributed by atoms with Gasteiger partial charge < -0.3 is 0 Å². The standard InChI is InChI=1S/C16H18F2O3S/c17-12-5-4-10(15(18)9-12)8-16(19)11-6-13-2-1-3-14(7-11)22(13,20)21/h4-5,9,11,13-14H,1-3,6-8H2. The summed E-state index contributed by atoms with van der Waals surface area (Å²) in [6.07, 6.45) is 2.72. The first-order chi connectivity index (χ1) is 10.4. The van der Waals surface area contributed by atoms with Crippen LogP contribution in [0.25, 0.3) is 0 Å². The number of benzene rings is 1. The van der Waals surface area contributed by atoms with Crippen LogP contribution in [0.3, 0.4) is 0 Å². The Bertz CT molecular complexity index is 679. The molecule has 0 aliphatic carbocycles. The van der Waals surface area contributed by atoms with Crippen LogP contribution >= 0.6 is 0 Å². The largest absolute Gasteiger partial charge is 0.299 e. The number of carbonyl (C=O) groups is 1. The number of hydrogen-bond acceptors (Lipinski definition) is 3. The molecule has 2 atom stereocenters. The second kappa shape index (κ2) is 5.72. The number of hydrogen-bond donors (Lipinski definition) is 0. The van der Waals surface area contributed by atoms with E-state index in [9.17, 15) is 22.0 Å². The lowest BCUT2D eigenvalue weighted by Gasteiger charge is -2.38. The summed E-state index contributed by atoms with van der Waals surface area (Å²) >= 11 is 0. The molecule has 0 spiro atoms. The van der Waals surface area contributed by atoms with Crippen LogP contribution < -0.4 is 0 Å². The van der Waals surface area contributed by atoms with Crippen LogP contribution in [0.5, 0.6) is 0 Å². The van der Waals surface area contributed by atoms with Gasteiger partial charge in [-0.1, -0.05) is 12.5 Å². The molecule has 6 heteroatoms. The van der Waals surface area contributed by atoms with Gasteiger partial charge in [-0.05, 0) is 37.3 Å². The van der Waals surface area contributed by atoms with Crippen LogP contribution in [0, 0.1) is 17.6 Å². The Morgan fingerprint density at radius 3 is 2.36 bits per heavy atom. The van der Waals surface area contributed by atoms with Gasteiger partial charge in [0.05, 0.1) is 10.5 Å². The van der Waals surface area contributed by atoms with E-state index in [4.69, 9.17) is 0 Å². The molecular formula is C16H18F2O3S. The highest BCUT2D eigenvalue weighted by atomic mass is 32.2. The van der Waals surface area contributed by atoms with E-state index in [0.29, 0.717) is 25.7 Å². The molecular weight excluding hydrogens is 310 g/mol. The molecule has 2 aliphatic heterocycles. The highest BCUT2D eigenvalue weighted by Gasteiger charge is 2.45. The van der Waals surface area contributed by atoms with Gasteiger partial charge in [0, 0.05) is 18.4 Å². The zero-order valence-electron chi connectivity index (χ0n) is 12.1. The van der Waals surface area contributed by atoms with E-state index in [2.05, 4.69) is 0 Å². The van der Waals surface area contributed by atoms with Crippen LogP contribution in [0.4, 0.5) is 8.78 Å². The molecule has 2 aliphatic rings. The topological polar surface area (TPSA) is 51.2 Å². The minimum atomic E-state index is -3.09. The first kappa shape index (κ1) is 15.6. The second-order valence-corrected chi connectivity index (χ2v) is 8.82. The zero-order chi connectivity index (χ0) is 15.9. The van der Waals surface area contributed by atoms with Crippen LogP contribution in [0.15, 0.2) is 18.2 Å². The highest BCUT2D eigenvalue weighted by Crippen LogP contribution is 2.40. The Kier molecular flexibility index (Phi) is 4.05. The third-order valence-corrected chi connectivity index (χ3v) is 7.63. The van der Waals surface area contributed by atoms with Crippen molar-refractivity contribution in [1.29, 1.82) is 0 Å². The van der Waals surface area contributed by atoms with Crippen LogP contribution in [0.1, 0.15) is 37.7 Å². The normalized spacial score (nSPS) is 30.0. The average Bonchev–Trinajstić information content (AvgIpc) is 2.40. The summed E-state index contributed by atoms with van der Waals surface area (Å²) in [6, 6.07) is 3.18. The fourth-order valence-corrected chi connectivity index (χ4v) is 6.20. The number of halogens is 2. The van der Waals surface area contributed by atoms with Gasteiger partial charge in [0.1, 0.15) is 17.4 Å². The van der Waals surface area contributed by atoms with Crippen molar-refractivity contribution in [1.82, 2.24) is 0 Å². The maximum Gasteiger partial charge on any atom is 0.156 e. The molecule has 2 bridgehead atoms. The van der Waals surface area contributed by atoms with Gasteiger partial charge in [0.2, 0.25) is 0 Å². The molecule has 2 saturated heterocycles. The van der Waals surface area contributed by atoms with Gasteiger partial charge in [0.25, 0.3) is 0 Å². The number of fused-ring (bicyclic) bond motifs is 2. The molecule has 2 unspecified atom stereocenters. The lowest BCUT2D eigenvalue weighted by atomic mass is 9.85. The van der Waals surface area contributed by atoms with Crippen molar-refractivity contribution in [3.8, 4) is 0 Å². The van der Waals surface area contributed by atoms with E-state index in [1.165, 1.54) is 6.07 Å². The third kappa shape index (κ3) is 2.81. The van der Waals surface area contributed by atoms with Gasteiger partial charge in [-0.25, -0.2) is 17.2 Å². The molecule has 3 nitrogen and oxygen atoms in total. The van der Waals surface area contributed by atoms with Crippen LogP contribution in [-0.2, 0) is 21.1 Å². The summed E-state index contributed by atoms with van der Waals surface area (Å²) in [7, 11) is -3.09. The molecule has 3 rings (SSSR count). The summed E-state index contributed by atoms with van der Waals surface area (Å²) in [4.78, 5) is 12.4. The molecule has 1 aromatic rings. The quantitative estimate of drug-likeness (QED) is 0.857. The second-order valence-electron chi connectivity index (χ2n) is 6.31. The van der Waals surface area contributed by atoms with Crippen LogP contribution in [0.2, 0.25) is 0 Å². The van der Waals surface area contributed by atoms with Crippen molar-refractivity contribution in [3.63, 3.8) is 0 Å². The lowest BCUT2D eigenvalue weighted by Crippen LogP contribution is -2.45. The molecule has 0 amide bonds. The Morgan fingerprint density at radius 1 is 1.14 bits per heavy atom. The monoisotopic (exact) mass is 328 g/mol. The zero-order valence-corrected chi connectivity index (χ0v) is 12.9. The van der Waals surface area contributed by atoms with E-state index in [0.717, 1.165) is 18.6 Å². The van der Waals surface area contributed by atoms with Crippen molar-refractivity contribution in [3.05, 3.63) is 35.4 Å². The smallest absolute Gasteiger partial charge is 0.156 e. The number of sulfone groups is 1. The SMILES string of the molecule is O=C(Cc1ccc(F)cc1F)C1CC2CCCC(C1)S2(=O)=O. The first-order valence-corrected chi connectivity index (χ1v) is 9.18. The molecule has 0 saturated carbocycles. The van der Waals surface area contributed by atoms with E-state index < -0.39 is 32.0 Å². The van der Waals surface area contributed by atoms with E-state index in [1.54, 1.807) is 0 Å². The Morgan fingerprint density at radius 2 is 1.77 bits per heavy atom. The maximum absolute atomic E-state index is 13.6. The van der Waals surface area contributed by atoms with Gasteiger partial charge in [-0.3, -0.25) is 4.79 Å². The predicted octanol–water partition coefficient (Wildman–Crippen LogP) is 2.82. The van der Waals surface area contributed by atoms with Gasteiger partial charge in [-0.15, -0.1) is 0 Å². The maximum atomic E-state index is 13.6. The predicted molar refractivity (Wildman–Crippen MR) is 78.1 cm³/mol. The number of rotatable bonds is 3. The summed E-state index contributed by atoms with van der Waals surface area (Å²) in [5.41, 5.74) is 0.171. The molecule has 0 aromatic heterocycles. The fraction of sp³-hybridized carbons (Fsp3) is 0.562. The minimum Gasteiger partial charge on any atom is -0.299 e. The summed E-state index contributed by atoms with van der Waals surface area (Å²) in [5, 5.41) is -0.848. The molecule has 0 radical (unpaired) electrons. The summed E-state index contributed by atoms with van der Waals surface area (Å²) < 4.78 is 50.9. The fourth-order valence-electron chi connectivity index (χ4n) is 3.67. The average molecular weight is 328 g/mol. The molecule has 2 heterocycles. The summed E-state index contributed by atoms with van der Waals surface area (Å²) in [5.74, 6) is -1.87. The molecule has 120 valence electrons. The molecule has 1 aromatic carbocycles. The number of carbonyl (C=O) groups excluding carboxylic acids is 1. The first-order valence-electron chi connectivity index (χ1n) is 7.57. The van der Waals surface area contributed by atoms with Crippen LogP contribution in [-0.4, -0.2) is 24.7 Å². The van der Waals surface area contributed by atoms with Gasteiger partial charge in [-0.2, -0.15) is 0 Å². The Hall–Kier alpha value is -1.30. The van der Waals surface area contributed by atoms with Gasteiger partial charge in [0.15, 0.2) is 9.84 Å². The Balaban J connectivity index is 1.74. The number of Topliss-reactive ketones (excluding diaryl/α,β-unsaturated/α-hetero) is 1. The molecule has 0 N–H and O–H groups in total. The van der Waals surface area contributed by atoms with Crippen molar-refractivity contribution in [2.75, 3.05) is 0 Å². The number of ketones is 1. The van der Waals surface area contributed by atoms with Crippen molar-refractivity contribution in [2.24, 2.45) is 5.92 Å².